The van der Waals surface area contributed by atoms with Crippen molar-refractivity contribution in [3.8, 4) is 0 Å². The molecule has 2 heterocycles. The van der Waals surface area contributed by atoms with Gasteiger partial charge in [0, 0.05) is 17.3 Å². The third-order valence-corrected chi connectivity index (χ3v) is 6.58. The monoisotopic (exact) mass is 457 g/mol. The number of carbonyl (C=O) groups is 1. The number of hydrogen-bond acceptors (Lipinski definition) is 5. The second-order valence-electron chi connectivity index (χ2n) is 7.71. The molecule has 2 aromatic carbocycles. The number of carbonyl (C=O) groups excluding carboxylic acids is 1. The van der Waals surface area contributed by atoms with E-state index in [1.165, 1.54) is 11.8 Å². The van der Waals surface area contributed by atoms with Gasteiger partial charge in [-0.3, -0.25) is 14.2 Å². The molecule has 1 unspecified atom stereocenters. The van der Waals surface area contributed by atoms with Crippen LogP contribution in [0.5, 0.6) is 0 Å². The van der Waals surface area contributed by atoms with Crippen LogP contribution >= 0.6 is 23.4 Å². The Kier molecular flexibility index (Phi) is 6.65. The molecule has 1 N–H and O–H groups in total. The van der Waals surface area contributed by atoms with E-state index in [4.69, 9.17) is 16.3 Å². The molecule has 4 rings (SSSR count). The summed E-state index contributed by atoms with van der Waals surface area (Å²) in [7, 11) is 0. The normalized spacial score (nSPS) is 16.0. The summed E-state index contributed by atoms with van der Waals surface area (Å²) >= 11 is 7.35. The molecule has 31 heavy (non-hydrogen) atoms. The minimum absolute atomic E-state index is 0.0213. The molecule has 8 heteroatoms. The lowest BCUT2D eigenvalue weighted by molar-refractivity contribution is -0.113. The second kappa shape index (κ2) is 9.42. The molecular formula is C23H24ClN3O3S. The summed E-state index contributed by atoms with van der Waals surface area (Å²) in [5, 5.41) is 4.49. The second-order valence-corrected chi connectivity index (χ2v) is 9.09. The van der Waals surface area contributed by atoms with Crippen LogP contribution in [0, 0.1) is 13.8 Å². The quantitative estimate of drug-likeness (QED) is 0.433. The van der Waals surface area contributed by atoms with Crippen molar-refractivity contribution in [1.29, 1.82) is 0 Å². The van der Waals surface area contributed by atoms with Gasteiger partial charge in [-0.25, -0.2) is 4.98 Å². The summed E-state index contributed by atoms with van der Waals surface area (Å²) in [5.41, 5.74) is 3.22. The largest absolute Gasteiger partial charge is 0.376 e. The van der Waals surface area contributed by atoms with Crippen LogP contribution in [-0.4, -0.2) is 33.9 Å². The Morgan fingerprint density at radius 2 is 2.06 bits per heavy atom. The third-order valence-electron chi connectivity index (χ3n) is 5.37. The van der Waals surface area contributed by atoms with Crippen molar-refractivity contribution in [2.75, 3.05) is 17.7 Å². The van der Waals surface area contributed by atoms with Crippen LogP contribution in [0.2, 0.25) is 5.02 Å². The SMILES string of the molecule is Cc1cccc(C)c1NC(=O)CSc1nc2cc(Cl)ccc2c(=O)n1CC1CCCO1. The Hall–Kier alpha value is -2.35. The number of hydrogen-bond donors (Lipinski definition) is 1. The van der Waals surface area contributed by atoms with Gasteiger partial charge < -0.3 is 10.1 Å². The highest BCUT2D eigenvalue weighted by molar-refractivity contribution is 7.99. The van der Waals surface area contributed by atoms with E-state index >= 15 is 0 Å². The number of benzene rings is 2. The zero-order valence-electron chi connectivity index (χ0n) is 17.5. The lowest BCUT2D eigenvalue weighted by Gasteiger charge is -2.17. The van der Waals surface area contributed by atoms with Gasteiger partial charge in [-0.2, -0.15) is 0 Å². The van der Waals surface area contributed by atoms with Crippen molar-refractivity contribution in [3.05, 3.63) is 62.9 Å². The van der Waals surface area contributed by atoms with E-state index < -0.39 is 0 Å². The van der Waals surface area contributed by atoms with Crippen LogP contribution in [0.4, 0.5) is 5.69 Å². The van der Waals surface area contributed by atoms with Crippen molar-refractivity contribution in [1.82, 2.24) is 9.55 Å². The molecule has 0 radical (unpaired) electrons. The number of fused-ring (bicyclic) bond motifs is 1. The molecule has 0 bridgehead atoms. The first kappa shape index (κ1) is 21.9. The smallest absolute Gasteiger partial charge is 0.262 e. The maximum atomic E-state index is 13.2. The van der Waals surface area contributed by atoms with Crippen molar-refractivity contribution in [2.24, 2.45) is 0 Å². The first-order valence-corrected chi connectivity index (χ1v) is 11.6. The van der Waals surface area contributed by atoms with Gasteiger partial charge in [0.1, 0.15) is 0 Å². The van der Waals surface area contributed by atoms with Gasteiger partial charge >= 0.3 is 0 Å². The lowest BCUT2D eigenvalue weighted by atomic mass is 10.1. The van der Waals surface area contributed by atoms with Crippen molar-refractivity contribution in [3.63, 3.8) is 0 Å². The Bertz CT molecular complexity index is 1170. The van der Waals surface area contributed by atoms with Gasteiger partial charge in [0.2, 0.25) is 5.91 Å². The number of anilines is 1. The fourth-order valence-corrected chi connectivity index (χ4v) is 4.73. The molecular weight excluding hydrogens is 434 g/mol. The zero-order valence-corrected chi connectivity index (χ0v) is 19.1. The number of amides is 1. The third kappa shape index (κ3) is 4.95. The van der Waals surface area contributed by atoms with Gasteiger partial charge in [-0.05, 0) is 56.0 Å². The van der Waals surface area contributed by atoms with Gasteiger partial charge in [0.05, 0.1) is 29.3 Å². The number of aromatic nitrogens is 2. The van der Waals surface area contributed by atoms with E-state index in [-0.39, 0.29) is 23.3 Å². The van der Waals surface area contributed by atoms with Gasteiger partial charge in [-0.1, -0.05) is 41.6 Å². The standard InChI is InChI=1S/C23H24ClN3O3S/c1-14-5-3-6-15(2)21(14)26-20(28)13-31-23-25-19-11-16(24)8-9-18(19)22(29)27(23)12-17-7-4-10-30-17/h3,5-6,8-9,11,17H,4,7,10,12-13H2,1-2H3,(H,26,28). The average molecular weight is 458 g/mol. The molecule has 0 saturated carbocycles. The van der Waals surface area contributed by atoms with Gasteiger partial charge in [-0.15, -0.1) is 0 Å². The summed E-state index contributed by atoms with van der Waals surface area (Å²) in [6.45, 7) is 5.05. The van der Waals surface area contributed by atoms with Crippen LogP contribution in [0.15, 0.2) is 46.3 Å². The number of nitrogens with one attached hydrogen (secondary N) is 1. The number of rotatable bonds is 6. The molecule has 0 aliphatic carbocycles. The highest BCUT2D eigenvalue weighted by Gasteiger charge is 2.21. The molecule has 1 saturated heterocycles. The van der Waals surface area contributed by atoms with Crippen molar-refractivity contribution >= 4 is 45.9 Å². The highest BCUT2D eigenvalue weighted by atomic mass is 35.5. The van der Waals surface area contributed by atoms with E-state index in [0.29, 0.717) is 34.2 Å². The molecule has 0 spiro atoms. The first-order chi connectivity index (χ1) is 14.9. The lowest BCUT2D eigenvalue weighted by Crippen LogP contribution is -2.29. The van der Waals surface area contributed by atoms with E-state index in [1.54, 1.807) is 22.8 Å². The molecule has 1 aromatic heterocycles. The molecule has 6 nitrogen and oxygen atoms in total. The maximum Gasteiger partial charge on any atom is 0.262 e. The van der Waals surface area contributed by atoms with Crippen LogP contribution in [-0.2, 0) is 16.1 Å². The molecule has 1 atom stereocenters. The minimum Gasteiger partial charge on any atom is -0.376 e. The topological polar surface area (TPSA) is 73.2 Å². The molecule has 1 aliphatic heterocycles. The average Bonchev–Trinajstić information content (AvgIpc) is 3.25. The van der Waals surface area contributed by atoms with E-state index in [0.717, 1.165) is 29.7 Å². The summed E-state index contributed by atoms with van der Waals surface area (Å²) in [4.78, 5) is 30.5. The van der Waals surface area contributed by atoms with E-state index in [9.17, 15) is 9.59 Å². The summed E-state index contributed by atoms with van der Waals surface area (Å²) in [6, 6.07) is 10.9. The zero-order chi connectivity index (χ0) is 22.0. The fourth-order valence-electron chi connectivity index (χ4n) is 3.75. The highest BCUT2D eigenvalue weighted by Crippen LogP contribution is 2.24. The van der Waals surface area contributed by atoms with Gasteiger partial charge in [0.25, 0.3) is 5.56 Å². The van der Waals surface area contributed by atoms with Gasteiger partial charge in [0.15, 0.2) is 5.16 Å². The maximum absolute atomic E-state index is 13.2. The molecule has 3 aromatic rings. The summed E-state index contributed by atoms with van der Waals surface area (Å²) in [6.07, 6.45) is 1.87. The number of aryl methyl sites for hydroxylation is 2. The van der Waals surface area contributed by atoms with E-state index in [2.05, 4.69) is 10.3 Å². The van der Waals surface area contributed by atoms with Crippen molar-refractivity contribution < 1.29 is 9.53 Å². The minimum atomic E-state index is -0.147. The Labute approximate surface area is 190 Å². The number of thioether (sulfide) groups is 1. The number of nitrogens with zero attached hydrogens (tertiary/aromatic N) is 2. The number of para-hydroxylation sites is 1. The van der Waals surface area contributed by atoms with Crippen LogP contribution < -0.4 is 10.9 Å². The number of ether oxygens (including phenoxy) is 1. The molecule has 1 fully saturated rings. The molecule has 1 amide bonds. The Morgan fingerprint density at radius 1 is 1.29 bits per heavy atom. The summed E-state index contributed by atoms with van der Waals surface area (Å²) in [5.74, 6) is -0.0100. The molecule has 1 aliphatic rings. The van der Waals surface area contributed by atoms with Crippen LogP contribution in [0.1, 0.15) is 24.0 Å². The number of halogens is 1. The Morgan fingerprint density at radius 3 is 2.77 bits per heavy atom. The fraction of sp³-hybridized carbons (Fsp3) is 0.348. The first-order valence-electron chi connectivity index (χ1n) is 10.2. The van der Waals surface area contributed by atoms with E-state index in [1.807, 2.05) is 32.0 Å². The predicted molar refractivity (Wildman–Crippen MR) is 125 cm³/mol. The predicted octanol–water partition coefficient (Wildman–Crippen LogP) is 4.58. The van der Waals surface area contributed by atoms with Crippen LogP contribution in [0.25, 0.3) is 10.9 Å². The van der Waals surface area contributed by atoms with Crippen molar-refractivity contribution in [2.45, 2.75) is 44.5 Å². The van der Waals surface area contributed by atoms with Crippen LogP contribution in [0.3, 0.4) is 0 Å². The Balaban J connectivity index is 1.60. The molecule has 162 valence electrons. The summed E-state index contributed by atoms with van der Waals surface area (Å²) < 4.78 is 7.36.